The molecule has 0 aromatic carbocycles. The third-order valence-electron chi connectivity index (χ3n) is 4.42. The highest BCUT2D eigenvalue weighted by molar-refractivity contribution is 5.95. The van der Waals surface area contributed by atoms with E-state index < -0.39 is 5.97 Å². The summed E-state index contributed by atoms with van der Waals surface area (Å²) in [7, 11) is 1.76. The van der Waals surface area contributed by atoms with Crippen molar-refractivity contribution < 1.29 is 14.7 Å². The predicted molar refractivity (Wildman–Crippen MR) is 91.5 cm³/mol. The molecule has 8 heteroatoms. The number of rotatable bonds is 5. The number of hydrogen-bond donors (Lipinski definition) is 2. The molecule has 0 aliphatic carbocycles. The Morgan fingerprint density at radius 3 is 2.96 bits per heavy atom. The Labute approximate surface area is 145 Å². The predicted octanol–water partition coefficient (Wildman–Crippen LogP) is 1.42. The van der Waals surface area contributed by atoms with Gasteiger partial charge in [-0.25, -0.2) is 4.98 Å². The number of hydrogen-bond acceptors (Lipinski definition) is 5. The normalized spacial score (nSPS) is 17.3. The van der Waals surface area contributed by atoms with E-state index in [-0.39, 0.29) is 18.4 Å². The summed E-state index contributed by atoms with van der Waals surface area (Å²) in [5.74, 6) is -0.220. The van der Waals surface area contributed by atoms with Gasteiger partial charge in [0.15, 0.2) is 0 Å². The van der Waals surface area contributed by atoms with Gasteiger partial charge in [0.1, 0.15) is 12.4 Å². The molecular weight excluding hydrogens is 322 g/mol. The minimum atomic E-state index is -0.926. The minimum Gasteiger partial charge on any atom is -0.480 e. The number of carbonyl (C=O) groups is 2. The zero-order valence-corrected chi connectivity index (χ0v) is 14.1. The maximum atomic E-state index is 12.8. The van der Waals surface area contributed by atoms with Gasteiger partial charge in [-0.15, -0.1) is 0 Å². The Kier molecular flexibility index (Phi) is 4.97. The molecule has 1 aliphatic rings. The van der Waals surface area contributed by atoms with Gasteiger partial charge in [0.25, 0.3) is 5.91 Å². The molecule has 132 valence electrons. The molecule has 2 N–H and O–H groups in total. The quantitative estimate of drug-likeness (QED) is 0.852. The van der Waals surface area contributed by atoms with Crippen LogP contribution in [0.4, 0.5) is 5.82 Å². The molecule has 1 aliphatic heterocycles. The van der Waals surface area contributed by atoms with Gasteiger partial charge in [-0.05, 0) is 31.0 Å². The number of amides is 1. The Hall–Kier alpha value is -2.90. The molecule has 3 heterocycles. The van der Waals surface area contributed by atoms with Crippen molar-refractivity contribution in [3.63, 3.8) is 0 Å². The first kappa shape index (κ1) is 16.9. The highest BCUT2D eigenvalue weighted by atomic mass is 16.4. The van der Waals surface area contributed by atoms with E-state index in [2.05, 4.69) is 15.4 Å². The fourth-order valence-corrected chi connectivity index (χ4v) is 3.24. The number of likely N-dealkylation sites (tertiary alicyclic amines) is 1. The van der Waals surface area contributed by atoms with Crippen LogP contribution in [-0.4, -0.2) is 56.8 Å². The standard InChI is InChI=1S/C17H21N5O3/c1-18-15-9-12(4-6-19-15)17(25)21-8-2-3-13(10-21)14-5-7-20-22(14)11-16(23)24/h4-7,9,13H,2-3,8,10-11H2,1H3,(H,18,19)(H,23,24). The highest BCUT2D eigenvalue weighted by Crippen LogP contribution is 2.27. The maximum Gasteiger partial charge on any atom is 0.325 e. The van der Waals surface area contributed by atoms with E-state index >= 15 is 0 Å². The molecule has 1 saturated heterocycles. The maximum absolute atomic E-state index is 12.8. The average Bonchev–Trinajstić information content (AvgIpc) is 3.08. The lowest BCUT2D eigenvalue weighted by molar-refractivity contribution is -0.137. The first-order valence-corrected chi connectivity index (χ1v) is 8.25. The molecule has 0 radical (unpaired) electrons. The number of piperidine rings is 1. The van der Waals surface area contributed by atoms with Gasteiger partial charge in [0, 0.05) is 49.7 Å². The number of carboxylic acids is 1. The fourth-order valence-electron chi connectivity index (χ4n) is 3.24. The van der Waals surface area contributed by atoms with Crippen LogP contribution < -0.4 is 5.32 Å². The van der Waals surface area contributed by atoms with Crippen LogP contribution in [0.5, 0.6) is 0 Å². The van der Waals surface area contributed by atoms with Gasteiger partial charge in [-0.1, -0.05) is 0 Å². The summed E-state index contributed by atoms with van der Waals surface area (Å²) >= 11 is 0. The lowest BCUT2D eigenvalue weighted by Gasteiger charge is -2.33. The topological polar surface area (TPSA) is 100 Å². The molecule has 1 amide bonds. The molecule has 0 spiro atoms. The van der Waals surface area contributed by atoms with Crippen molar-refractivity contribution in [3.05, 3.63) is 41.9 Å². The van der Waals surface area contributed by atoms with Crippen molar-refractivity contribution in [2.45, 2.75) is 25.3 Å². The molecule has 1 atom stereocenters. The summed E-state index contributed by atoms with van der Waals surface area (Å²) in [5, 5.41) is 16.0. The molecule has 2 aromatic heterocycles. The molecule has 2 aromatic rings. The number of nitrogens with zero attached hydrogens (tertiary/aromatic N) is 4. The SMILES string of the molecule is CNc1cc(C(=O)N2CCCC(c3ccnn3CC(=O)O)C2)ccn1. The second-order valence-electron chi connectivity index (χ2n) is 6.08. The molecule has 8 nitrogen and oxygen atoms in total. The first-order valence-electron chi connectivity index (χ1n) is 8.25. The minimum absolute atomic E-state index is 0.0344. The van der Waals surface area contributed by atoms with E-state index in [1.807, 2.05) is 11.0 Å². The van der Waals surface area contributed by atoms with E-state index in [0.717, 1.165) is 18.5 Å². The van der Waals surface area contributed by atoms with Gasteiger partial charge in [0.05, 0.1) is 0 Å². The number of nitrogens with one attached hydrogen (secondary N) is 1. The summed E-state index contributed by atoms with van der Waals surface area (Å²) in [5.41, 5.74) is 1.46. The summed E-state index contributed by atoms with van der Waals surface area (Å²) in [6.45, 7) is 1.09. The van der Waals surface area contributed by atoms with Gasteiger partial charge >= 0.3 is 5.97 Å². The van der Waals surface area contributed by atoms with E-state index in [9.17, 15) is 9.59 Å². The molecule has 0 saturated carbocycles. The third-order valence-corrected chi connectivity index (χ3v) is 4.42. The molecule has 1 fully saturated rings. The summed E-state index contributed by atoms with van der Waals surface area (Å²) in [6.07, 6.45) is 5.01. The number of carbonyl (C=O) groups excluding carboxylic acids is 1. The number of aromatic nitrogens is 3. The van der Waals surface area contributed by atoms with Crippen LogP contribution >= 0.6 is 0 Å². The molecular formula is C17H21N5O3. The van der Waals surface area contributed by atoms with Gasteiger partial charge in [0.2, 0.25) is 0 Å². The number of carboxylic acid groups (broad SMARTS) is 1. The summed E-state index contributed by atoms with van der Waals surface area (Å²) in [4.78, 5) is 29.7. The van der Waals surface area contributed by atoms with Crippen molar-refractivity contribution in [1.29, 1.82) is 0 Å². The molecule has 3 rings (SSSR count). The van der Waals surface area contributed by atoms with Crippen LogP contribution in [0, 0.1) is 0 Å². The number of pyridine rings is 1. The summed E-state index contributed by atoms with van der Waals surface area (Å²) < 4.78 is 1.51. The third kappa shape index (κ3) is 3.78. The zero-order chi connectivity index (χ0) is 17.8. The molecule has 0 bridgehead atoms. The van der Waals surface area contributed by atoms with Crippen LogP contribution in [0.2, 0.25) is 0 Å². The van der Waals surface area contributed by atoms with Crippen molar-refractivity contribution in [1.82, 2.24) is 19.7 Å². The van der Waals surface area contributed by atoms with Crippen LogP contribution in [0.3, 0.4) is 0 Å². The van der Waals surface area contributed by atoms with Crippen molar-refractivity contribution >= 4 is 17.7 Å². The lowest BCUT2D eigenvalue weighted by Crippen LogP contribution is -2.39. The fraction of sp³-hybridized carbons (Fsp3) is 0.412. The van der Waals surface area contributed by atoms with E-state index in [0.29, 0.717) is 24.5 Å². The highest BCUT2D eigenvalue weighted by Gasteiger charge is 2.28. The van der Waals surface area contributed by atoms with Crippen LogP contribution in [0.25, 0.3) is 0 Å². The van der Waals surface area contributed by atoms with Crippen molar-refractivity contribution in [3.8, 4) is 0 Å². The van der Waals surface area contributed by atoms with Gasteiger partial charge < -0.3 is 15.3 Å². The van der Waals surface area contributed by atoms with Crippen molar-refractivity contribution in [2.24, 2.45) is 0 Å². The monoisotopic (exact) mass is 343 g/mol. The van der Waals surface area contributed by atoms with Crippen LogP contribution in [0.15, 0.2) is 30.6 Å². The largest absolute Gasteiger partial charge is 0.480 e. The Bertz CT molecular complexity index is 773. The van der Waals surface area contributed by atoms with E-state index in [1.54, 1.807) is 31.6 Å². The molecule has 1 unspecified atom stereocenters. The van der Waals surface area contributed by atoms with Crippen LogP contribution in [0.1, 0.15) is 34.8 Å². The van der Waals surface area contributed by atoms with Gasteiger partial charge in [-0.3, -0.25) is 14.3 Å². The first-order chi connectivity index (χ1) is 12.1. The number of aliphatic carboxylic acids is 1. The lowest BCUT2D eigenvalue weighted by atomic mass is 9.94. The van der Waals surface area contributed by atoms with Gasteiger partial charge in [-0.2, -0.15) is 5.10 Å². The smallest absolute Gasteiger partial charge is 0.325 e. The average molecular weight is 343 g/mol. The Balaban J connectivity index is 1.76. The van der Waals surface area contributed by atoms with E-state index in [1.165, 1.54) is 4.68 Å². The summed E-state index contributed by atoms with van der Waals surface area (Å²) in [6, 6.07) is 5.29. The second kappa shape index (κ2) is 7.33. The molecule has 25 heavy (non-hydrogen) atoms. The second-order valence-corrected chi connectivity index (χ2v) is 6.08. The Morgan fingerprint density at radius 2 is 2.20 bits per heavy atom. The van der Waals surface area contributed by atoms with Crippen molar-refractivity contribution in [2.75, 3.05) is 25.5 Å². The van der Waals surface area contributed by atoms with E-state index in [4.69, 9.17) is 5.11 Å². The number of anilines is 1. The zero-order valence-electron chi connectivity index (χ0n) is 14.1. The Morgan fingerprint density at radius 1 is 1.36 bits per heavy atom. The van der Waals surface area contributed by atoms with Crippen LogP contribution in [-0.2, 0) is 11.3 Å².